The van der Waals surface area contributed by atoms with Crippen LogP contribution in [0.3, 0.4) is 0 Å². The van der Waals surface area contributed by atoms with Crippen molar-refractivity contribution in [3.8, 4) is 11.6 Å². The van der Waals surface area contributed by atoms with Crippen LogP contribution in [0.2, 0.25) is 0 Å². The summed E-state index contributed by atoms with van der Waals surface area (Å²) >= 11 is 0. The maximum atomic E-state index is 13.1. The zero-order valence-electron chi connectivity index (χ0n) is 21.0. The summed E-state index contributed by atoms with van der Waals surface area (Å²) < 4.78 is 31.7. The van der Waals surface area contributed by atoms with Crippen molar-refractivity contribution in [1.82, 2.24) is 14.9 Å². The molecule has 7 nitrogen and oxygen atoms in total. The van der Waals surface area contributed by atoms with Crippen molar-refractivity contribution in [2.45, 2.75) is 19.4 Å². The summed E-state index contributed by atoms with van der Waals surface area (Å²) in [5.74, 6) is -0.299. The van der Waals surface area contributed by atoms with Gasteiger partial charge in [-0.2, -0.15) is 0 Å². The normalized spacial score (nSPS) is 14.1. The number of nitrogens with one attached hydrogen (secondary N) is 1. The third-order valence-corrected chi connectivity index (χ3v) is 6.58. The first-order chi connectivity index (χ1) is 18.9. The number of aromatic nitrogens is 2. The largest absolute Gasteiger partial charge is 0.439 e. The van der Waals surface area contributed by atoms with Crippen molar-refractivity contribution >= 4 is 17.4 Å². The van der Waals surface area contributed by atoms with Gasteiger partial charge in [-0.25, -0.2) is 13.8 Å². The summed E-state index contributed by atoms with van der Waals surface area (Å²) in [6, 6.07) is 18.1. The molecule has 1 aliphatic heterocycles. The van der Waals surface area contributed by atoms with Gasteiger partial charge in [0.25, 0.3) is 5.91 Å². The van der Waals surface area contributed by atoms with Gasteiger partial charge in [-0.15, -0.1) is 0 Å². The standard InChI is InChI=1S/C30H26F2N4O3/c31-23-4-2-21(3-5-23)29(37)22-13-15-36(16-14-22)19-20-1-11-27(33-17-20)30(38)35-25-8-12-28(34-18-25)39-26-9-6-24(32)7-10-26/h1-12,17-18,22H,13-16,19H2,(H,35,38). The highest BCUT2D eigenvalue weighted by Crippen LogP contribution is 2.24. The minimum atomic E-state index is -0.365. The first-order valence-corrected chi connectivity index (χ1v) is 12.6. The lowest BCUT2D eigenvalue weighted by molar-refractivity contribution is 0.0834. The lowest BCUT2D eigenvalue weighted by Gasteiger charge is -2.31. The summed E-state index contributed by atoms with van der Waals surface area (Å²) in [4.78, 5) is 36.1. The summed E-state index contributed by atoms with van der Waals surface area (Å²) in [5.41, 5.74) is 2.28. The second-order valence-electron chi connectivity index (χ2n) is 9.37. The number of ether oxygens (including phenoxy) is 1. The van der Waals surface area contributed by atoms with Crippen LogP contribution >= 0.6 is 0 Å². The Morgan fingerprint density at radius 1 is 0.846 bits per heavy atom. The van der Waals surface area contributed by atoms with E-state index < -0.39 is 0 Å². The third kappa shape index (κ3) is 6.88. The fraction of sp³-hybridized carbons (Fsp3) is 0.200. The van der Waals surface area contributed by atoms with Crippen molar-refractivity contribution in [3.63, 3.8) is 0 Å². The molecule has 0 unspecified atom stereocenters. The van der Waals surface area contributed by atoms with Crippen LogP contribution in [0.15, 0.2) is 85.2 Å². The summed E-state index contributed by atoms with van der Waals surface area (Å²) in [5, 5.41) is 2.76. The van der Waals surface area contributed by atoms with E-state index in [2.05, 4.69) is 20.2 Å². The van der Waals surface area contributed by atoms with E-state index >= 15 is 0 Å². The number of anilines is 1. The van der Waals surface area contributed by atoms with Gasteiger partial charge in [0.15, 0.2) is 5.78 Å². The molecule has 0 saturated carbocycles. The van der Waals surface area contributed by atoms with Crippen molar-refractivity contribution in [3.05, 3.63) is 114 Å². The molecule has 1 amide bonds. The molecule has 198 valence electrons. The molecule has 1 fully saturated rings. The molecule has 5 rings (SSSR count). The quantitative estimate of drug-likeness (QED) is 0.287. The minimum Gasteiger partial charge on any atom is -0.439 e. The van der Waals surface area contributed by atoms with Crippen molar-refractivity contribution in [1.29, 1.82) is 0 Å². The number of carbonyl (C=O) groups excluding carboxylic acids is 2. The molecule has 0 atom stereocenters. The molecule has 1 N–H and O–H groups in total. The zero-order valence-corrected chi connectivity index (χ0v) is 21.0. The van der Waals surface area contributed by atoms with Crippen LogP contribution in [0.25, 0.3) is 0 Å². The van der Waals surface area contributed by atoms with E-state index in [1.54, 1.807) is 36.5 Å². The topological polar surface area (TPSA) is 84.4 Å². The number of likely N-dealkylation sites (tertiary alicyclic amines) is 1. The van der Waals surface area contributed by atoms with Gasteiger partial charge in [0.1, 0.15) is 23.1 Å². The molecule has 0 radical (unpaired) electrons. The lowest BCUT2D eigenvalue weighted by Crippen LogP contribution is -2.36. The number of carbonyl (C=O) groups is 2. The monoisotopic (exact) mass is 528 g/mol. The van der Waals surface area contributed by atoms with E-state index in [0.29, 0.717) is 29.4 Å². The molecular formula is C30H26F2N4O3. The average Bonchev–Trinajstić information content (AvgIpc) is 2.96. The number of amides is 1. The van der Waals surface area contributed by atoms with Crippen LogP contribution in [0.5, 0.6) is 11.6 Å². The molecule has 1 saturated heterocycles. The number of rotatable bonds is 8. The van der Waals surface area contributed by atoms with Gasteiger partial charge >= 0.3 is 0 Å². The molecule has 0 bridgehead atoms. The number of nitrogens with zero attached hydrogens (tertiary/aromatic N) is 3. The predicted octanol–water partition coefficient (Wildman–Crippen LogP) is 5.89. The molecule has 4 aromatic rings. The number of hydrogen-bond acceptors (Lipinski definition) is 6. The maximum Gasteiger partial charge on any atom is 0.274 e. The van der Waals surface area contributed by atoms with E-state index in [1.807, 2.05) is 6.07 Å². The first kappa shape index (κ1) is 26.1. The third-order valence-electron chi connectivity index (χ3n) is 6.58. The second-order valence-corrected chi connectivity index (χ2v) is 9.37. The number of hydrogen-bond donors (Lipinski definition) is 1. The van der Waals surface area contributed by atoms with Crippen molar-refractivity contribution < 1.29 is 23.1 Å². The van der Waals surface area contributed by atoms with Crippen LogP contribution in [0, 0.1) is 17.6 Å². The highest BCUT2D eigenvalue weighted by molar-refractivity contribution is 6.02. The number of piperidine rings is 1. The Kier molecular flexibility index (Phi) is 7.98. The Morgan fingerprint density at radius 2 is 1.54 bits per heavy atom. The van der Waals surface area contributed by atoms with Crippen LogP contribution in [0.4, 0.5) is 14.5 Å². The predicted molar refractivity (Wildman–Crippen MR) is 142 cm³/mol. The Morgan fingerprint density at radius 3 is 2.15 bits per heavy atom. The van der Waals surface area contributed by atoms with E-state index in [4.69, 9.17) is 4.74 Å². The maximum absolute atomic E-state index is 13.1. The van der Waals surface area contributed by atoms with Crippen LogP contribution in [0.1, 0.15) is 39.3 Å². The van der Waals surface area contributed by atoms with Crippen LogP contribution < -0.4 is 10.1 Å². The highest BCUT2D eigenvalue weighted by atomic mass is 19.1. The molecule has 0 aliphatic carbocycles. The SMILES string of the molecule is O=C(Nc1ccc(Oc2ccc(F)cc2)nc1)c1ccc(CN2CCC(C(=O)c3ccc(F)cc3)CC2)cn1. The number of Topliss-reactive ketones (excluding diaryl/α,β-unsaturated/α-hetero) is 1. The Labute approximate surface area is 224 Å². The van der Waals surface area contributed by atoms with Crippen molar-refractivity contribution in [2.24, 2.45) is 5.92 Å². The Balaban J connectivity index is 1.09. The summed E-state index contributed by atoms with van der Waals surface area (Å²) in [7, 11) is 0. The van der Waals surface area contributed by atoms with Gasteiger partial charge in [0, 0.05) is 30.3 Å². The second kappa shape index (κ2) is 11.9. The van der Waals surface area contributed by atoms with E-state index in [-0.39, 0.29) is 34.9 Å². The molecule has 9 heteroatoms. The van der Waals surface area contributed by atoms with Crippen molar-refractivity contribution in [2.75, 3.05) is 18.4 Å². The number of benzene rings is 2. The number of pyridine rings is 2. The van der Waals surface area contributed by atoms with E-state index in [9.17, 15) is 18.4 Å². The first-order valence-electron chi connectivity index (χ1n) is 12.6. The van der Waals surface area contributed by atoms with E-state index in [1.165, 1.54) is 42.6 Å². The molecule has 2 aromatic carbocycles. The fourth-order valence-electron chi connectivity index (χ4n) is 4.45. The lowest BCUT2D eigenvalue weighted by atomic mass is 9.89. The van der Waals surface area contributed by atoms with Gasteiger partial charge in [-0.1, -0.05) is 6.07 Å². The molecular weight excluding hydrogens is 502 g/mol. The summed E-state index contributed by atoms with van der Waals surface area (Å²) in [6.07, 6.45) is 4.63. The fourth-order valence-corrected chi connectivity index (χ4v) is 4.45. The van der Waals surface area contributed by atoms with Gasteiger partial charge in [-0.05, 0) is 92.2 Å². The molecule has 3 heterocycles. The molecule has 0 spiro atoms. The average molecular weight is 529 g/mol. The van der Waals surface area contributed by atoms with Gasteiger partial charge in [-0.3, -0.25) is 19.5 Å². The summed E-state index contributed by atoms with van der Waals surface area (Å²) in [6.45, 7) is 2.22. The van der Waals surface area contributed by atoms with Gasteiger partial charge in [0.2, 0.25) is 5.88 Å². The van der Waals surface area contributed by atoms with Crippen LogP contribution in [-0.2, 0) is 6.54 Å². The molecule has 2 aromatic heterocycles. The minimum absolute atomic E-state index is 0.0612. The van der Waals surface area contributed by atoms with Crippen LogP contribution in [-0.4, -0.2) is 39.6 Å². The highest BCUT2D eigenvalue weighted by Gasteiger charge is 2.26. The smallest absolute Gasteiger partial charge is 0.274 e. The van der Waals surface area contributed by atoms with Gasteiger partial charge < -0.3 is 10.1 Å². The Bertz CT molecular complexity index is 1420. The molecule has 39 heavy (non-hydrogen) atoms. The van der Waals surface area contributed by atoms with Gasteiger partial charge in [0.05, 0.1) is 11.9 Å². The number of halogens is 2. The van der Waals surface area contributed by atoms with E-state index in [0.717, 1.165) is 31.5 Å². The number of ketones is 1. The molecule has 1 aliphatic rings. The zero-order chi connectivity index (χ0) is 27.2. The Hall–Kier alpha value is -4.50.